The summed E-state index contributed by atoms with van der Waals surface area (Å²) in [4.78, 5) is 28.1. The van der Waals surface area contributed by atoms with Crippen LogP contribution in [-0.2, 0) is 11.3 Å². The van der Waals surface area contributed by atoms with Crippen molar-refractivity contribution in [3.8, 4) is 11.3 Å². The number of amides is 1. The van der Waals surface area contributed by atoms with Crippen LogP contribution < -0.4 is 5.32 Å². The van der Waals surface area contributed by atoms with E-state index in [0.717, 1.165) is 5.56 Å². The summed E-state index contributed by atoms with van der Waals surface area (Å²) < 4.78 is 5.75. The molecule has 1 aliphatic heterocycles. The number of benzene rings is 2. The molecule has 2 aromatic carbocycles. The van der Waals surface area contributed by atoms with Gasteiger partial charge in [0.1, 0.15) is 11.5 Å². The molecule has 0 unspecified atom stereocenters. The number of aliphatic imine (C=N–C) groups is 1. The monoisotopic (exact) mass is 433 g/mol. The van der Waals surface area contributed by atoms with Crippen LogP contribution in [0.5, 0.6) is 0 Å². The summed E-state index contributed by atoms with van der Waals surface area (Å²) in [5, 5.41) is 14.5. The predicted molar refractivity (Wildman–Crippen MR) is 122 cm³/mol. The zero-order valence-electron chi connectivity index (χ0n) is 16.9. The Hall–Kier alpha value is -3.65. The van der Waals surface area contributed by atoms with E-state index in [1.54, 1.807) is 36.4 Å². The van der Waals surface area contributed by atoms with Crippen LogP contribution in [0.3, 0.4) is 0 Å². The van der Waals surface area contributed by atoms with E-state index < -0.39 is 4.92 Å². The summed E-state index contributed by atoms with van der Waals surface area (Å²) in [6, 6.07) is 15.9. The summed E-state index contributed by atoms with van der Waals surface area (Å²) in [5.41, 5.74) is 3.77. The molecule has 7 nitrogen and oxygen atoms in total. The second-order valence-corrected chi connectivity index (χ2v) is 8.19. The Kier molecular flexibility index (Phi) is 5.73. The highest BCUT2D eigenvalue weighted by Crippen LogP contribution is 2.33. The van der Waals surface area contributed by atoms with Gasteiger partial charge in [0.25, 0.3) is 11.6 Å². The van der Waals surface area contributed by atoms with E-state index in [-0.39, 0.29) is 11.6 Å². The van der Waals surface area contributed by atoms with Gasteiger partial charge in [-0.2, -0.15) is 0 Å². The first-order chi connectivity index (χ1) is 14.9. The van der Waals surface area contributed by atoms with Crippen LogP contribution in [0.15, 0.2) is 68.9 Å². The summed E-state index contributed by atoms with van der Waals surface area (Å²) >= 11 is 1.24. The molecule has 4 rings (SSSR count). The minimum atomic E-state index is -0.450. The SMILES string of the molecule is Cc1cc(C)cc(CN=C2NC(=O)/C(=C/c3ccc(-c4ccccc4[N+](=O)[O-])o3)S2)c1. The van der Waals surface area contributed by atoms with Crippen LogP contribution in [0.25, 0.3) is 17.4 Å². The van der Waals surface area contributed by atoms with Gasteiger partial charge in [-0.05, 0) is 49.4 Å². The molecule has 0 atom stereocenters. The molecule has 0 aliphatic carbocycles. The molecule has 156 valence electrons. The number of hydrogen-bond donors (Lipinski definition) is 1. The average molecular weight is 433 g/mol. The van der Waals surface area contributed by atoms with Gasteiger partial charge in [-0.1, -0.05) is 41.5 Å². The van der Waals surface area contributed by atoms with E-state index >= 15 is 0 Å². The lowest BCUT2D eigenvalue weighted by atomic mass is 10.1. The summed E-state index contributed by atoms with van der Waals surface area (Å²) in [6.45, 7) is 4.55. The third kappa shape index (κ3) is 4.75. The van der Waals surface area contributed by atoms with E-state index in [2.05, 4.69) is 28.5 Å². The Bertz CT molecular complexity index is 1220. The van der Waals surface area contributed by atoms with Crippen LogP contribution in [0.4, 0.5) is 5.69 Å². The number of rotatable bonds is 5. The van der Waals surface area contributed by atoms with Crippen LogP contribution >= 0.6 is 11.8 Å². The zero-order chi connectivity index (χ0) is 22.0. The van der Waals surface area contributed by atoms with Gasteiger partial charge < -0.3 is 9.73 Å². The highest BCUT2D eigenvalue weighted by Gasteiger charge is 2.24. The number of furan rings is 1. The van der Waals surface area contributed by atoms with Gasteiger partial charge in [-0.3, -0.25) is 19.9 Å². The van der Waals surface area contributed by atoms with Crippen molar-refractivity contribution in [3.05, 3.63) is 92.1 Å². The minimum Gasteiger partial charge on any atom is -0.456 e. The smallest absolute Gasteiger partial charge is 0.280 e. The maximum atomic E-state index is 12.3. The average Bonchev–Trinajstić information content (AvgIpc) is 3.33. The van der Waals surface area contributed by atoms with Gasteiger partial charge in [0.15, 0.2) is 5.17 Å². The van der Waals surface area contributed by atoms with Gasteiger partial charge in [0.2, 0.25) is 0 Å². The van der Waals surface area contributed by atoms with Gasteiger partial charge in [0.05, 0.1) is 21.9 Å². The Labute approximate surface area is 183 Å². The van der Waals surface area contributed by atoms with E-state index in [0.29, 0.717) is 33.7 Å². The molecule has 0 saturated carbocycles. The summed E-state index contributed by atoms with van der Waals surface area (Å²) in [5.74, 6) is 0.542. The number of para-hydroxylation sites is 1. The molecular formula is C23H19N3O4S. The van der Waals surface area contributed by atoms with Crippen LogP contribution in [0.1, 0.15) is 22.5 Å². The minimum absolute atomic E-state index is 0.0372. The lowest BCUT2D eigenvalue weighted by molar-refractivity contribution is -0.384. The fourth-order valence-corrected chi connectivity index (χ4v) is 4.17. The van der Waals surface area contributed by atoms with Crippen molar-refractivity contribution >= 4 is 34.6 Å². The molecule has 1 N–H and O–H groups in total. The number of nitrogens with zero attached hydrogens (tertiary/aromatic N) is 2. The molecular weight excluding hydrogens is 414 g/mol. The van der Waals surface area contributed by atoms with Crippen molar-refractivity contribution < 1.29 is 14.1 Å². The molecule has 0 bridgehead atoms. The quantitative estimate of drug-likeness (QED) is 0.337. The number of thioether (sulfide) groups is 1. The van der Waals surface area contributed by atoms with E-state index in [9.17, 15) is 14.9 Å². The second kappa shape index (κ2) is 8.61. The molecule has 0 spiro atoms. The molecule has 1 amide bonds. The van der Waals surface area contributed by atoms with Crippen molar-refractivity contribution in [3.63, 3.8) is 0 Å². The molecule has 3 aromatic rings. The van der Waals surface area contributed by atoms with Crippen LogP contribution in [-0.4, -0.2) is 16.0 Å². The van der Waals surface area contributed by atoms with E-state index in [1.807, 2.05) is 13.8 Å². The number of hydrogen-bond acceptors (Lipinski definition) is 6. The number of nitro benzene ring substituents is 1. The molecule has 1 fully saturated rings. The largest absolute Gasteiger partial charge is 0.456 e. The zero-order valence-corrected chi connectivity index (χ0v) is 17.7. The molecule has 8 heteroatoms. The van der Waals surface area contributed by atoms with Crippen molar-refractivity contribution in [2.24, 2.45) is 4.99 Å². The number of aryl methyl sites for hydroxylation is 2. The third-order valence-corrected chi connectivity index (χ3v) is 5.55. The number of carbonyl (C=O) groups excluding carboxylic acids is 1. The second-order valence-electron chi connectivity index (χ2n) is 7.16. The molecule has 0 radical (unpaired) electrons. The number of nitrogens with one attached hydrogen (secondary N) is 1. The van der Waals surface area contributed by atoms with Crippen molar-refractivity contribution in [2.45, 2.75) is 20.4 Å². The topological polar surface area (TPSA) is 97.7 Å². The van der Waals surface area contributed by atoms with Gasteiger partial charge in [-0.15, -0.1) is 0 Å². The predicted octanol–water partition coefficient (Wildman–Crippen LogP) is 5.23. The van der Waals surface area contributed by atoms with Crippen molar-refractivity contribution in [1.82, 2.24) is 5.32 Å². The highest BCUT2D eigenvalue weighted by atomic mass is 32.2. The normalized spacial score (nSPS) is 16.1. The van der Waals surface area contributed by atoms with E-state index in [4.69, 9.17) is 4.42 Å². The first-order valence-corrected chi connectivity index (χ1v) is 10.4. The molecule has 1 aliphatic rings. The first-order valence-electron chi connectivity index (χ1n) is 9.55. The van der Waals surface area contributed by atoms with Crippen LogP contribution in [0.2, 0.25) is 0 Å². The maximum absolute atomic E-state index is 12.3. The third-order valence-electron chi connectivity index (χ3n) is 4.60. The fraction of sp³-hybridized carbons (Fsp3) is 0.130. The summed E-state index contributed by atoms with van der Waals surface area (Å²) in [7, 11) is 0. The van der Waals surface area contributed by atoms with Gasteiger partial charge in [0, 0.05) is 12.1 Å². The van der Waals surface area contributed by atoms with Gasteiger partial charge in [-0.25, -0.2) is 0 Å². The Morgan fingerprint density at radius 2 is 1.87 bits per heavy atom. The number of nitro groups is 1. The van der Waals surface area contributed by atoms with E-state index in [1.165, 1.54) is 29.0 Å². The number of carbonyl (C=O) groups is 1. The molecule has 1 saturated heterocycles. The number of amidine groups is 1. The first kappa shape index (κ1) is 20.6. The summed E-state index contributed by atoms with van der Waals surface area (Å²) in [6.07, 6.45) is 1.61. The fourth-order valence-electron chi connectivity index (χ4n) is 3.37. The standard InChI is InChI=1S/C23H19N3O4S/c1-14-9-15(2)11-16(10-14)13-24-23-25-22(27)21(31-23)12-17-7-8-20(30-17)18-5-3-4-6-19(18)26(28)29/h3-12H,13H2,1-2H3,(H,24,25,27)/b21-12-. The highest BCUT2D eigenvalue weighted by molar-refractivity contribution is 8.18. The Morgan fingerprint density at radius 3 is 2.61 bits per heavy atom. The van der Waals surface area contributed by atoms with Crippen molar-refractivity contribution in [1.29, 1.82) is 0 Å². The lowest BCUT2D eigenvalue weighted by Gasteiger charge is -2.02. The maximum Gasteiger partial charge on any atom is 0.280 e. The molecule has 31 heavy (non-hydrogen) atoms. The van der Waals surface area contributed by atoms with Gasteiger partial charge >= 0.3 is 0 Å². The van der Waals surface area contributed by atoms with Crippen LogP contribution in [0, 0.1) is 24.0 Å². The Morgan fingerprint density at radius 1 is 1.13 bits per heavy atom. The lowest BCUT2D eigenvalue weighted by Crippen LogP contribution is -2.19. The molecule has 2 heterocycles. The van der Waals surface area contributed by atoms with Crippen molar-refractivity contribution in [2.75, 3.05) is 0 Å². The Balaban J connectivity index is 1.51. The molecule has 1 aromatic heterocycles.